The fraction of sp³-hybridized carbons (Fsp3) is 0.500. The number of carbonyl (C=O) groups excluding carboxylic acids is 2. The third-order valence-corrected chi connectivity index (χ3v) is 6.06. The first-order chi connectivity index (χ1) is 11.6. The molecule has 3 rings (SSSR count). The Labute approximate surface area is 154 Å². The van der Waals surface area contributed by atoms with E-state index in [9.17, 15) is 9.59 Å². The van der Waals surface area contributed by atoms with Gasteiger partial charge in [-0.05, 0) is 81.1 Å². The molecule has 0 aromatic heterocycles. The lowest BCUT2D eigenvalue weighted by atomic mass is 9.79. The van der Waals surface area contributed by atoms with Gasteiger partial charge in [0, 0.05) is 24.3 Å². The maximum atomic E-state index is 12.1. The number of thioether (sulfide) groups is 1. The zero-order valence-electron chi connectivity index (χ0n) is 15.8. The molecule has 0 spiro atoms. The summed E-state index contributed by atoms with van der Waals surface area (Å²) in [5.41, 5.74) is 3.69. The van der Waals surface area contributed by atoms with Gasteiger partial charge >= 0.3 is 0 Å². The predicted molar refractivity (Wildman–Crippen MR) is 105 cm³/mol. The van der Waals surface area contributed by atoms with Gasteiger partial charge in [0.05, 0.1) is 4.91 Å². The molecule has 25 heavy (non-hydrogen) atoms. The van der Waals surface area contributed by atoms with E-state index in [1.807, 2.05) is 12.1 Å². The van der Waals surface area contributed by atoms with Crippen LogP contribution < -0.4 is 4.90 Å². The molecule has 1 aromatic carbocycles. The first-order valence-electron chi connectivity index (χ1n) is 8.76. The molecule has 2 aliphatic heterocycles. The summed E-state index contributed by atoms with van der Waals surface area (Å²) >= 11 is 1.01. The number of fused-ring (bicyclic) bond motifs is 1. The van der Waals surface area contributed by atoms with Crippen LogP contribution in [-0.4, -0.2) is 34.7 Å². The second-order valence-electron chi connectivity index (χ2n) is 7.94. The summed E-state index contributed by atoms with van der Waals surface area (Å²) in [6.45, 7) is 11.3. The normalized spacial score (nSPS) is 24.4. The highest BCUT2D eigenvalue weighted by molar-refractivity contribution is 8.18. The van der Waals surface area contributed by atoms with Crippen molar-refractivity contribution >= 4 is 34.7 Å². The van der Waals surface area contributed by atoms with E-state index in [1.54, 1.807) is 0 Å². The largest absolute Gasteiger partial charge is 0.364 e. The molecule has 0 N–H and O–H groups in total. The molecule has 1 aromatic rings. The van der Waals surface area contributed by atoms with Crippen molar-refractivity contribution in [1.29, 1.82) is 0 Å². The number of anilines is 1. The lowest BCUT2D eigenvalue weighted by Crippen LogP contribution is -2.51. The number of imide groups is 1. The second kappa shape index (κ2) is 6.20. The van der Waals surface area contributed by atoms with Gasteiger partial charge in [0.1, 0.15) is 0 Å². The molecule has 0 bridgehead atoms. The number of rotatable bonds is 2. The topological polar surface area (TPSA) is 40.6 Å². The molecule has 1 atom stereocenters. The Balaban J connectivity index is 2.02. The van der Waals surface area contributed by atoms with E-state index in [2.05, 4.69) is 51.7 Å². The van der Waals surface area contributed by atoms with E-state index >= 15 is 0 Å². The average molecular weight is 359 g/mol. The fourth-order valence-corrected chi connectivity index (χ4v) is 5.06. The van der Waals surface area contributed by atoms with Gasteiger partial charge in [-0.3, -0.25) is 14.5 Å². The van der Waals surface area contributed by atoms with Gasteiger partial charge < -0.3 is 4.90 Å². The van der Waals surface area contributed by atoms with Crippen LogP contribution in [-0.2, 0) is 4.79 Å². The Morgan fingerprint density at radius 3 is 2.52 bits per heavy atom. The molecule has 0 unspecified atom stereocenters. The summed E-state index contributed by atoms with van der Waals surface area (Å²) in [5.74, 6) is 0.236. The third-order valence-electron chi connectivity index (χ3n) is 5.10. The van der Waals surface area contributed by atoms with Gasteiger partial charge in [0.15, 0.2) is 0 Å². The minimum absolute atomic E-state index is 0.118. The van der Waals surface area contributed by atoms with Gasteiger partial charge in [0.25, 0.3) is 11.1 Å². The number of carbonyl (C=O) groups is 2. The van der Waals surface area contributed by atoms with Crippen molar-refractivity contribution in [3.63, 3.8) is 0 Å². The Hall–Kier alpha value is -1.75. The third kappa shape index (κ3) is 3.10. The summed E-state index contributed by atoms with van der Waals surface area (Å²) in [4.78, 5) is 27.9. The Kier molecular flexibility index (Phi) is 4.48. The molecule has 0 radical (unpaired) electrons. The van der Waals surface area contributed by atoms with E-state index in [0.717, 1.165) is 23.7 Å². The minimum Gasteiger partial charge on any atom is -0.364 e. The fourth-order valence-electron chi connectivity index (χ4n) is 4.23. The highest BCUT2D eigenvalue weighted by atomic mass is 32.2. The van der Waals surface area contributed by atoms with E-state index in [-0.39, 0.29) is 16.7 Å². The Morgan fingerprint density at radius 1 is 1.28 bits per heavy atom. The first-order valence-corrected chi connectivity index (χ1v) is 9.58. The summed E-state index contributed by atoms with van der Waals surface area (Å²) < 4.78 is 0. The van der Waals surface area contributed by atoms with Crippen molar-refractivity contribution in [1.82, 2.24) is 4.90 Å². The van der Waals surface area contributed by atoms with Gasteiger partial charge in [-0.25, -0.2) is 0 Å². The summed E-state index contributed by atoms with van der Waals surface area (Å²) in [6, 6.07) is 6.80. The lowest BCUT2D eigenvalue weighted by molar-refractivity contribution is -0.121. The van der Waals surface area contributed by atoms with Gasteiger partial charge in [-0.15, -0.1) is 0 Å². The lowest BCUT2D eigenvalue weighted by Gasteiger charge is -2.50. The molecule has 2 amide bonds. The van der Waals surface area contributed by atoms with Crippen LogP contribution in [0.15, 0.2) is 23.1 Å². The molecule has 0 aliphatic carbocycles. The molecule has 1 fully saturated rings. The second-order valence-corrected chi connectivity index (χ2v) is 8.93. The molecular formula is C20H26N2O2S. The van der Waals surface area contributed by atoms with Crippen LogP contribution in [0.3, 0.4) is 0 Å². The molecule has 134 valence electrons. The van der Waals surface area contributed by atoms with Crippen molar-refractivity contribution in [3.8, 4) is 0 Å². The van der Waals surface area contributed by atoms with Gasteiger partial charge in [0.2, 0.25) is 0 Å². The van der Waals surface area contributed by atoms with Crippen molar-refractivity contribution in [2.45, 2.75) is 58.5 Å². The van der Waals surface area contributed by atoms with E-state index in [0.29, 0.717) is 16.9 Å². The molecule has 2 heterocycles. The van der Waals surface area contributed by atoms with E-state index in [1.165, 1.54) is 23.2 Å². The molecule has 4 nitrogen and oxygen atoms in total. The van der Waals surface area contributed by atoms with Crippen LogP contribution in [0, 0.1) is 0 Å². The monoisotopic (exact) mass is 358 g/mol. The number of hydrogen-bond donors (Lipinski definition) is 0. The van der Waals surface area contributed by atoms with E-state index in [4.69, 9.17) is 0 Å². The highest BCUT2D eigenvalue weighted by Gasteiger charge is 2.37. The quantitative estimate of drug-likeness (QED) is 0.708. The smallest absolute Gasteiger partial charge is 0.293 e. The average Bonchev–Trinajstić information content (AvgIpc) is 2.74. The van der Waals surface area contributed by atoms with E-state index < -0.39 is 0 Å². The molecule has 0 saturated carbocycles. The molecule has 1 saturated heterocycles. The zero-order chi connectivity index (χ0) is 18.5. The maximum absolute atomic E-state index is 12.1. The highest BCUT2D eigenvalue weighted by Crippen LogP contribution is 2.45. The molecular weight excluding hydrogens is 332 g/mol. The predicted octanol–water partition coefficient (Wildman–Crippen LogP) is 4.85. The van der Waals surface area contributed by atoms with Crippen LogP contribution in [0.4, 0.5) is 10.5 Å². The summed E-state index contributed by atoms with van der Waals surface area (Å²) in [5, 5.41) is -0.213. The SMILES string of the molecule is CC(C)N1c2ccc(/C=C3/SC(=O)N(C)C3=O)cc2[C@@H](C)CC1(C)C. The minimum atomic E-state index is -0.217. The van der Waals surface area contributed by atoms with Crippen LogP contribution in [0.5, 0.6) is 0 Å². The number of likely N-dealkylation sites (N-methyl/N-ethyl adjacent to an activating group) is 1. The Bertz CT molecular complexity index is 767. The number of nitrogens with zero attached hydrogens (tertiary/aromatic N) is 2. The number of hydrogen-bond acceptors (Lipinski definition) is 4. The Morgan fingerprint density at radius 2 is 1.96 bits per heavy atom. The number of benzene rings is 1. The van der Waals surface area contributed by atoms with Crippen LogP contribution in [0.1, 0.15) is 58.1 Å². The summed E-state index contributed by atoms with van der Waals surface area (Å²) in [6.07, 6.45) is 2.92. The van der Waals surface area contributed by atoms with Crippen molar-refractivity contribution in [2.24, 2.45) is 0 Å². The summed E-state index contributed by atoms with van der Waals surface area (Å²) in [7, 11) is 1.52. The van der Waals surface area contributed by atoms with Crippen LogP contribution in [0.2, 0.25) is 0 Å². The first kappa shape index (κ1) is 18.1. The van der Waals surface area contributed by atoms with Crippen molar-refractivity contribution in [3.05, 3.63) is 34.2 Å². The molecule has 2 aliphatic rings. The zero-order valence-corrected chi connectivity index (χ0v) is 16.6. The van der Waals surface area contributed by atoms with Crippen LogP contribution in [0.25, 0.3) is 6.08 Å². The van der Waals surface area contributed by atoms with Crippen LogP contribution >= 0.6 is 11.8 Å². The van der Waals surface area contributed by atoms with Crippen molar-refractivity contribution in [2.75, 3.05) is 11.9 Å². The molecule has 5 heteroatoms. The number of amides is 2. The van der Waals surface area contributed by atoms with Crippen molar-refractivity contribution < 1.29 is 9.59 Å². The standard InChI is InChI=1S/C20H26N2O2S/c1-12(2)22-16-8-7-14(9-15(16)13(3)11-20(22,4)5)10-17-18(23)21(6)19(24)25-17/h7-10,12-13H,11H2,1-6H3/b17-10+/t13-/m0/s1. The van der Waals surface area contributed by atoms with Gasteiger partial charge in [-0.1, -0.05) is 13.0 Å². The maximum Gasteiger partial charge on any atom is 0.293 e. The van der Waals surface area contributed by atoms with Gasteiger partial charge in [-0.2, -0.15) is 0 Å².